The maximum absolute atomic E-state index is 12.0. The summed E-state index contributed by atoms with van der Waals surface area (Å²) < 4.78 is 6.32. The summed E-state index contributed by atoms with van der Waals surface area (Å²) in [5.41, 5.74) is 1.86. The zero-order valence-electron chi connectivity index (χ0n) is 12.9. The number of rotatable bonds is 4. The highest BCUT2D eigenvalue weighted by Gasteiger charge is 2.28. The van der Waals surface area contributed by atoms with E-state index in [1.807, 2.05) is 54.6 Å². The highest BCUT2D eigenvalue weighted by molar-refractivity contribution is 8.26. The van der Waals surface area contributed by atoms with Gasteiger partial charge in [0.15, 0.2) is 0 Å². The van der Waals surface area contributed by atoms with E-state index in [0.29, 0.717) is 20.9 Å². The Balaban J connectivity index is 1.67. The molecule has 0 atom stereocenters. The van der Waals surface area contributed by atoms with Crippen molar-refractivity contribution < 1.29 is 9.53 Å². The number of thiocarbonyl (C=S) groups is 1. The molecule has 2 aromatic carbocycles. The molecule has 6 heteroatoms. The molecule has 0 saturated carbocycles. The number of carbonyl (C=O) groups excluding carboxylic acids is 1. The van der Waals surface area contributed by atoms with Gasteiger partial charge in [-0.3, -0.25) is 9.69 Å². The van der Waals surface area contributed by atoms with E-state index in [9.17, 15) is 4.79 Å². The van der Waals surface area contributed by atoms with Crippen LogP contribution in [0.4, 0.5) is 0 Å². The van der Waals surface area contributed by atoms with Gasteiger partial charge >= 0.3 is 0 Å². The molecule has 1 aliphatic rings. The molecular formula is C18H14ClNO2S2. The molecule has 3 nitrogen and oxygen atoms in total. The first-order valence-electron chi connectivity index (χ1n) is 7.22. The van der Waals surface area contributed by atoms with E-state index in [2.05, 4.69) is 0 Å². The third-order valence-corrected chi connectivity index (χ3v) is 5.37. The Morgan fingerprint density at radius 1 is 1.21 bits per heavy atom. The third kappa shape index (κ3) is 3.80. The first kappa shape index (κ1) is 17.0. The molecule has 1 saturated heterocycles. The predicted octanol–water partition coefficient (Wildman–Crippen LogP) is 4.75. The fraction of sp³-hybridized carbons (Fsp3) is 0.111. The van der Waals surface area contributed by atoms with Gasteiger partial charge in [0.05, 0.1) is 4.91 Å². The third-order valence-electron chi connectivity index (χ3n) is 3.52. The quantitative estimate of drug-likeness (QED) is 0.569. The van der Waals surface area contributed by atoms with E-state index in [1.54, 1.807) is 7.05 Å². The number of halogens is 1. The van der Waals surface area contributed by atoms with Crippen LogP contribution in [0, 0.1) is 0 Å². The Bertz CT molecular complexity index is 818. The van der Waals surface area contributed by atoms with Gasteiger partial charge in [-0.15, -0.1) is 0 Å². The Morgan fingerprint density at radius 2 is 1.92 bits per heavy atom. The molecule has 1 amide bonds. The lowest BCUT2D eigenvalue weighted by atomic mass is 10.2. The minimum Gasteiger partial charge on any atom is -0.489 e. The van der Waals surface area contributed by atoms with Crippen molar-refractivity contribution in [2.24, 2.45) is 0 Å². The maximum atomic E-state index is 12.0. The molecule has 0 aromatic heterocycles. The smallest absolute Gasteiger partial charge is 0.265 e. The van der Waals surface area contributed by atoms with Crippen LogP contribution in [0.2, 0.25) is 5.02 Å². The summed E-state index contributed by atoms with van der Waals surface area (Å²) in [5, 5.41) is 0.690. The summed E-state index contributed by atoms with van der Waals surface area (Å²) in [7, 11) is 1.68. The molecule has 1 heterocycles. The standard InChI is InChI=1S/C18H14ClNO2S2/c1-20-17(21)16(24-18(20)23)10-12-6-8-14(9-7-12)22-11-13-4-2-3-5-15(13)19/h2-10H,11H2,1H3. The molecule has 0 spiro atoms. The number of benzene rings is 2. The molecule has 3 rings (SSSR count). The molecule has 0 unspecified atom stereocenters. The lowest BCUT2D eigenvalue weighted by Gasteiger charge is -2.08. The number of nitrogens with zero attached hydrogens (tertiary/aromatic N) is 1. The SMILES string of the molecule is CN1C(=O)C(=Cc2ccc(OCc3ccccc3Cl)cc2)SC1=S. The monoisotopic (exact) mass is 375 g/mol. The van der Waals surface area contributed by atoms with Gasteiger partial charge in [-0.05, 0) is 29.8 Å². The van der Waals surface area contributed by atoms with E-state index < -0.39 is 0 Å². The second kappa shape index (κ2) is 7.38. The first-order valence-corrected chi connectivity index (χ1v) is 8.83. The van der Waals surface area contributed by atoms with Gasteiger partial charge in [0.2, 0.25) is 0 Å². The molecule has 1 aliphatic heterocycles. The van der Waals surface area contributed by atoms with Crippen molar-refractivity contribution in [1.29, 1.82) is 0 Å². The number of hydrogen-bond acceptors (Lipinski definition) is 4. The summed E-state index contributed by atoms with van der Waals surface area (Å²) in [6.45, 7) is 0.410. The van der Waals surface area contributed by atoms with Gasteiger partial charge in [0, 0.05) is 17.6 Å². The van der Waals surface area contributed by atoms with Gasteiger partial charge in [-0.25, -0.2) is 0 Å². The van der Waals surface area contributed by atoms with Crippen molar-refractivity contribution in [2.75, 3.05) is 7.05 Å². The van der Waals surface area contributed by atoms with Crippen LogP contribution in [0.5, 0.6) is 5.75 Å². The van der Waals surface area contributed by atoms with Crippen LogP contribution in [0.1, 0.15) is 11.1 Å². The predicted molar refractivity (Wildman–Crippen MR) is 103 cm³/mol. The van der Waals surface area contributed by atoms with Gasteiger partial charge in [-0.1, -0.05) is 65.9 Å². The molecule has 2 aromatic rings. The number of ether oxygens (including phenoxy) is 1. The number of thioether (sulfide) groups is 1. The zero-order valence-corrected chi connectivity index (χ0v) is 15.3. The molecule has 0 N–H and O–H groups in total. The molecule has 0 radical (unpaired) electrons. The van der Waals surface area contributed by atoms with Gasteiger partial charge in [-0.2, -0.15) is 0 Å². The zero-order chi connectivity index (χ0) is 17.1. The highest BCUT2D eigenvalue weighted by atomic mass is 35.5. The average molecular weight is 376 g/mol. The number of amides is 1. The van der Waals surface area contributed by atoms with Crippen LogP contribution in [-0.4, -0.2) is 22.2 Å². The van der Waals surface area contributed by atoms with Crippen LogP contribution in [0.25, 0.3) is 6.08 Å². The van der Waals surface area contributed by atoms with Crippen molar-refractivity contribution in [2.45, 2.75) is 6.61 Å². The van der Waals surface area contributed by atoms with Gasteiger partial charge in [0.25, 0.3) is 5.91 Å². The minimum absolute atomic E-state index is 0.0657. The van der Waals surface area contributed by atoms with Gasteiger partial charge in [0.1, 0.15) is 16.7 Å². The van der Waals surface area contributed by atoms with Crippen molar-refractivity contribution in [3.8, 4) is 5.75 Å². The Labute approximate surface area is 155 Å². The van der Waals surface area contributed by atoms with E-state index in [0.717, 1.165) is 16.9 Å². The number of hydrogen-bond donors (Lipinski definition) is 0. The lowest BCUT2D eigenvalue weighted by molar-refractivity contribution is -0.121. The summed E-state index contributed by atoms with van der Waals surface area (Å²) in [6.07, 6.45) is 1.83. The van der Waals surface area contributed by atoms with Crippen LogP contribution >= 0.6 is 35.6 Å². The first-order chi connectivity index (χ1) is 11.5. The summed E-state index contributed by atoms with van der Waals surface area (Å²) in [6, 6.07) is 15.1. The van der Waals surface area contributed by atoms with Crippen LogP contribution in [-0.2, 0) is 11.4 Å². The summed E-state index contributed by atoms with van der Waals surface area (Å²) in [5.74, 6) is 0.680. The van der Waals surface area contributed by atoms with Crippen molar-refractivity contribution in [3.05, 3.63) is 69.6 Å². The van der Waals surface area contributed by atoms with E-state index in [-0.39, 0.29) is 5.91 Å². The molecule has 0 bridgehead atoms. The largest absolute Gasteiger partial charge is 0.489 e. The number of likely N-dealkylation sites (N-methyl/N-ethyl adjacent to an activating group) is 1. The molecule has 1 fully saturated rings. The van der Waals surface area contributed by atoms with Gasteiger partial charge < -0.3 is 4.74 Å². The second-order valence-corrected chi connectivity index (χ2v) is 7.27. The fourth-order valence-corrected chi connectivity index (χ4v) is 3.50. The lowest BCUT2D eigenvalue weighted by Crippen LogP contribution is -2.22. The van der Waals surface area contributed by atoms with E-state index in [1.165, 1.54) is 16.7 Å². The fourth-order valence-electron chi connectivity index (χ4n) is 2.13. The van der Waals surface area contributed by atoms with Crippen molar-refractivity contribution in [3.63, 3.8) is 0 Å². The number of carbonyl (C=O) groups is 1. The van der Waals surface area contributed by atoms with Crippen molar-refractivity contribution >= 4 is 51.9 Å². The molecular weight excluding hydrogens is 362 g/mol. The maximum Gasteiger partial charge on any atom is 0.265 e. The topological polar surface area (TPSA) is 29.5 Å². The average Bonchev–Trinajstić information content (AvgIpc) is 2.82. The van der Waals surface area contributed by atoms with E-state index >= 15 is 0 Å². The normalized spacial score (nSPS) is 16.1. The summed E-state index contributed by atoms with van der Waals surface area (Å²) in [4.78, 5) is 14.1. The molecule has 24 heavy (non-hydrogen) atoms. The molecule has 122 valence electrons. The Morgan fingerprint density at radius 3 is 2.54 bits per heavy atom. The van der Waals surface area contributed by atoms with Crippen LogP contribution in [0.15, 0.2) is 53.4 Å². The highest BCUT2D eigenvalue weighted by Crippen LogP contribution is 2.31. The second-order valence-electron chi connectivity index (χ2n) is 5.19. The Hall–Kier alpha value is -1.82. The van der Waals surface area contributed by atoms with Crippen LogP contribution in [0.3, 0.4) is 0 Å². The Kier molecular flexibility index (Phi) is 5.23. The van der Waals surface area contributed by atoms with E-state index in [4.69, 9.17) is 28.6 Å². The van der Waals surface area contributed by atoms with Crippen LogP contribution < -0.4 is 4.74 Å². The molecule has 0 aliphatic carbocycles. The minimum atomic E-state index is -0.0657. The summed E-state index contributed by atoms with van der Waals surface area (Å²) >= 11 is 12.5. The van der Waals surface area contributed by atoms with Crippen molar-refractivity contribution in [1.82, 2.24) is 4.90 Å².